The third kappa shape index (κ3) is 2.95. The fraction of sp³-hybridized carbons (Fsp3) is 0.200. The van der Waals surface area contributed by atoms with E-state index in [1.54, 1.807) is 18.2 Å². The summed E-state index contributed by atoms with van der Waals surface area (Å²) in [6.07, 6.45) is 1.67. The average Bonchev–Trinajstić information content (AvgIpc) is 2.20. The zero-order chi connectivity index (χ0) is 11.4. The molecule has 0 saturated heterocycles. The van der Waals surface area contributed by atoms with Gasteiger partial charge in [0, 0.05) is 17.1 Å². The van der Waals surface area contributed by atoms with Gasteiger partial charge in [-0.05, 0) is 19.1 Å². The van der Waals surface area contributed by atoms with Gasteiger partial charge in [0.05, 0.1) is 4.92 Å². The van der Waals surface area contributed by atoms with Crippen LogP contribution in [0.25, 0.3) is 0 Å². The van der Waals surface area contributed by atoms with Gasteiger partial charge in [-0.2, -0.15) is 0 Å². The summed E-state index contributed by atoms with van der Waals surface area (Å²) in [5.74, 6) is 0. The Labute approximate surface area is 92.7 Å². The maximum Gasteiger partial charge on any atom is 0.293 e. The van der Waals surface area contributed by atoms with E-state index in [0.29, 0.717) is 10.7 Å². The minimum absolute atomic E-state index is 0.0313. The predicted octanol–water partition coefficient (Wildman–Crippen LogP) is 3.23. The van der Waals surface area contributed by atoms with Gasteiger partial charge in [-0.1, -0.05) is 17.7 Å². The molecule has 1 aromatic rings. The van der Waals surface area contributed by atoms with Crippen molar-refractivity contribution < 1.29 is 4.92 Å². The highest BCUT2D eigenvalue weighted by atomic mass is 35.5. The van der Waals surface area contributed by atoms with Crippen LogP contribution in [0, 0.1) is 10.1 Å². The molecule has 1 unspecified atom stereocenters. The van der Waals surface area contributed by atoms with Gasteiger partial charge in [-0.15, -0.1) is 6.58 Å². The highest BCUT2D eigenvalue weighted by Gasteiger charge is 2.14. The largest absolute Gasteiger partial charge is 0.374 e. The number of anilines is 1. The number of nitrogens with zero attached hydrogens (tertiary/aromatic N) is 1. The van der Waals surface area contributed by atoms with Crippen molar-refractivity contribution in [2.24, 2.45) is 0 Å². The highest BCUT2D eigenvalue weighted by Crippen LogP contribution is 2.28. The Kier molecular flexibility index (Phi) is 3.68. The predicted molar refractivity (Wildman–Crippen MR) is 61.4 cm³/mol. The quantitative estimate of drug-likeness (QED) is 0.487. The normalized spacial score (nSPS) is 11.9. The van der Waals surface area contributed by atoms with Crippen LogP contribution in [0.4, 0.5) is 11.4 Å². The van der Waals surface area contributed by atoms with Crippen LogP contribution >= 0.6 is 11.6 Å². The van der Waals surface area contributed by atoms with Crippen LogP contribution in [0.15, 0.2) is 30.9 Å². The Morgan fingerprint density at radius 1 is 1.67 bits per heavy atom. The summed E-state index contributed by atoms with van der Waals surface area (Å²) in [7, 11) is 0. The van der Waals surface area contributed by atoms with Gasteiger partial charge < -0.3 is 5.32 Å². The number of halogens is 1. The molecule has 0 fully saturated rings. The Morgan fingerprint density at radius 2 is 2.33 bits per heavy atom. The van der Waals surface area contributed by atoms with Crippen LogP contribution in [-0.2, 0) is 0 Å². The standard InChI is InChI=1S/C10H11ClN2O2/c1-3-7(2)12-9-5-4-8(11)6-10(9)13(14)15/h3-7,12H,1H2,2H3. The third-order valence-electron chi connectivity index (χ3n) is 1.89. The maximum atomic E-state index is 10.7. The van der Waals surface area contributed by atoms with Crippen molar-refractivity contribution in [1.82, 2.24) is 0 Å². The van der Waals surface area contributed by atoms with E-state index in [0.717, 1.165) is 0 Å². The monoisotopic (exact) mass is 226 g/mol. The molecular formula is C10H11ClN2O2. The first-order chi connectivity index (χ1) is 7.04. The molecule has 0 heterocycles. The second-order valence-corrected chi connectivity index (χ2v) is 3.52. The molecule has 0 bridgehead atoms. The molecule has 15 heavy (non-hydrogen) atoms. The van der Waals surface area contributed by atoms with E-state index in [-0.39, 0.29) is 11.7 Å². The summed E-state index contributed by atoms with van der Waals surface area (Å²) in [5.41, 5.74) is 0.410. The second-order valence-electron chi connectivity index (χ2n) is 3.09. The summed E-state index contributed by atoms with van der Waals surface area (Å²) in [4.78, 5) is 10.3. The zero-order valence-corrected chi connectivity index (χ0v) is 8.99. The van der Waals surface area contributed by atoms with Crippen LogP contribution in [0.5, 0.6) is 0 Å². The lowest BCUT2D eigenvalue weighted by Crippen LogP contribution is -2.12. The van der Waals surface area contributed by atoms with Crippen LogP contribution in [0.2, 0.25) is 5.02 Å². The lowest BCUT2D eigenvalue weighted by atomic mass is 10.2. The number of nitro groups is 1. The van der Waals surface area contributed by atoms with Gasteiger partial charge in [0.2, 0.25) is 0 Å². The van der Waals surface area contributed by atoms with E-state index in [4.69, 9.17) is 11.6 Å². The SMILES string of the molecule is C=CC(C)Nc1ccc(Cl)cc1[N+](=O)[O-]. The number of hydrogen-bond donors (Lipinski definition) is 1. The summed E-state index contributed by atoms with van der Waals surface area (Å²) in [5, 5.41) is 14.0. The Morgan fingerprint density at radius 3 is 2.87 bits per heavy atom. The van der Waals surface area contributed by atoms with Crippen molar-refractivity contribution >= 4 is 23.0 Å². The number of nitrogens with one attached hydrogen (secondary N) is 1. The fourth-order valence-electron chi connectivity index (χ4n) is 1.08. The molecule has 80 valence electrons. The summed E-state index contributed by atoms with van der Waals surface area (Å²) >= 11 is 5.68. The fourth-order valence-corrected chi connectivity index (χ4v) is 1.25. The minimum Gasteiger partial charge on any atom is -0.374 e. The van der Waals surface area contributed by atoms with Crippen molar-refractivity contribution in [2.75, 3.05) is 5.32 Å². The van der Waals surface area contributed by atoms with Crippen molar-refractivity contribution in [3.8, 4) is 0 Å². The van der Waals surface area contributed by atoms with Gasteiger partial charge in [0.15, 0.2) is 0 Å². The Bertz CT molecular complexity index is 393. The summed E-state index contributed by atoms with van der Waals surface area (Å²) in [6.45, 7) is 5.44. The highest BCUT2D eigenvalue weighted by molar-refractivity contribution is 6.30. The number of rotatable bonds is 4. The summed E-state index contributed by atoms with van der Waals surface area (Å²) < 4.78 is 0. The number of nitro benzene ring substituents is 1. The van der Waals surface area contributed by atoms with Gasteiger partial charge in [-0.3, -0.25) is 10.1 Å². The lowest BCUT2D eigenvalue weighted by Gasteiger charge is -2.10. The Hall–Kier alpha value is -1.55. The zero-order valence-electron chi connectivity index (χ0n) is 8.24. The van der Waals surface area contributed by atoms with E-state index in [1.807, 2.05) is 6.92 Å². The van der Waals surface area contributed by atoms with E-state index >= 15 is 0 Å². The molecule has 1 atom stereocenters. The first-order valence-electron chi connectivity index (χ1n) is 4.37. The van der Waals surface area contributed by atoms with Crippen molar-refractivity contribution in [2.45, 2.75) is 13.0 Å². The van der Waals surface area contributed by atoms with E-state index in [2.05, 4.69) is 11.9 Å². The van der Waals surface area contributed by atoms with Gasteiger partial charge in [0.1, 0.15) is 5.69 Å². The molecule has 0 saturated carbocycles. The van der Waals surface area contributed by atoms with E-state index in [1.165, 1.54) is 6.07 Å². The van der Waals surface area contributed by atoms with Gasteiger partial charge >= 0.3 is 0 Å². The van der Waals surface area contributed by atoms with Crippen molar-refractivity contribution in [1.29, 1.82) is 0 Å². The average molecular weight is 227 g/mol. The topological polar surface area (TPSA) is 55.2 Å². The van der Waals surface area contributed by atoms with Crippen LogP contribution in [0.1, 0.15) is 6.92 Å². The van der Waals surface area contributed by atoms with Crippen molar-refractivity contribution in [3.05, 3.63) is 46.0 Å². The molecule has 5 heteroatoms. The summed E-state index contributed by atoms with van der Waals surface area (Å²) in [6, 6.07) is 4.47. The molecule has 0 aliphatic rings. The Balaban J connectivity index is 3.05. The third-order valence-corrected chi connectivity index (χ3v) is 2.13. The molecule has 0 aromatic heterocycles. The molecule has 0 amide bonds. The molecule has 0 spiro atoms. The van der Waals surface area contributed by atoms with Gasteiger partial charge in [-0.25, -0.2) is 0 Å². The molecule has 0 aliphatic carbocycles. The van der Waals surface area contributed by atoms with E-state index < -0.39 is 4.92 Å². The maximum absolute atomic E-state index is 10.7. The molecule has 1 aromatic carbocycles. The van der Waals surface area contributed by atoms with Gasteiger partial charge in [0.25, 0.3) is 5.69 Å². The minimum atomic E-state index is -0.468. The molecule has 0 aliphatic heterocycles. The second kappa shape index (κ2) is 4.79. The first kappa shape index (κ1) is 11.5. The molecule has 4 nitrogen and oxygen atoms in total. The molecule has 0 radical (unpaired) electrons. The molecular weight excluding hydrogens is 216 g/mol. The molecule has 1 N–H and O–H groups in total. The lowest BCUT2D eigenvalue weighted by molar-refractivity contribution is -0.384. The van der Waals surface area contributed by atoms with E-state index in [9.17, 15) is 10.1 Å². The van der Waals surface area contributed by atoms with Crippen LogP contribution < -0.4 is 5.32 Å². The van der Waals surface area contributed by atoms with Crippen LogP contribution in [0.3, 0.4) is 0 Å². The van der Waals surface area contributed by atoms with Crippen LogP contribution in [-0.4, -0.2) is 11.0 Å². The first-order valence-corrected chi connectivity index (χ1v) is 4.75. The van der Waals surface area contributed by atoms with Crippen molar-refractivity contribution in [3.63, 3.8) is 0 Å². The number of hydrogen-bond acceptors (Lipinski definition) is 3. The smallest absolute Gasteiger partial charge is 0.293 e. The molecule has 1 rings (SSSR count). The number of benzene rings is 1.